The van der Waals surface area contributed by atoms with Crippen molar-refractivity contribution in [2.45, 2.75) is 38.0 Å². The Kier molecular flexibility index (Phi) is 7.37. The number of carbonyl (C=O) groups excluding carboxylic acids is 1. The second-order valence-corrected chi connectivity index (χ2v) is 8.03. The molecular weight excluding hydrogens is 370 g/mol. The third kappa shape index (κ3) is 5.80. The molecule has 0 radical (unpaired) electrons. The van der Waals surface area contributed by atoms with Crippen molar-refractivity contribution in [2.75, 3.05) is 25.5 Å². The number of ether oxygens (including phenoxy) is 1. The number of carbonyl (C=O) groups is 1. The highest BCUT2D eigenvalue weighted by atomic mass is 32.2. The zero-order valence-corrected chi connectivity index (χ0v) is 16.6. The van der Waals surface area contributed by atoms with Crippen LogP contribution < -0.4 is 10.1 Å². The van der Waals surface area contributed by atoms with Gasteiger partial charge in [0.05, 0.1) is 18.6 Å². The van der Waals surface area contributed by atoms with Gasteiger partial charge in [0, 0.05) is 12.6 Å². The van der Waals surface area contributed by atoms with Gasteiger partial charge in [-0.2, -0.15) is 4.31 Å². The molecule has 9 heteroatoms. The summed E-state index contributed by atoms with van der Waals surface area (Å²) in [7, 11) is -2.31. The number of benzene rings is 1. The predicted octanol–water partition coefficient (Wildman–Crippen LogP) is 2.81. The van der Waals surface area contributed by atoms with Gasteiger partial charge in [-0.25, -0.2) is 8.42 Å². The van der Waals surface area contributed by atoms with E-state index in [-0.39, 0.29) is 23.8 Å². The first kappa shape index (κ1) is 20.9. The summed E-state index contributed by atoms with van der Waals surface area (Å²) < 4.78 is 37.1. The first-order chi connectivity index (χ1) is 12.9. The number of hydrogen-bond acceptors (Lipinski definition) is 6. The Balaban J connectivity index is 2.16. The molecule has 1 aromatic carbocycles. The highest BCUT2D eigenvalue weighted by Crippen LogP contribution is 2.20. The van der Waals surface area contributed by atoms with Crippen LogP contribution in [0.25, 0.3) is 0 Å². The average Bonchev–Trinajstić information content (AvgIpc) is 3.05. The summed E-state index contributed by atoms with van der Waals surface area (Å²) >= 11 is 0. The number of unbranched alkanes of at least 4 members (excludes halogenated alkanes) is 2. The van der Waals surface area contributed by atoms with Crippen LogP contribution in [0.15, 0.2) is 39.8 Å². The Hall–Kier alpha value is -2.39. The van der Waals surface area contributed by atoms with Crippen LogP contribution in [-0.4, -0.2) is 44.0 Å². The maximum atomic E-state index is 13.0. The van der Waals surface area contributed by atoms with E-state index < -0.39 is 15.9 Å². The lowest BCUT2D eigenvalue weighted by Gasteiger charge is -2.21. The van der Waals surface area contributed by atoms with Gasteiger partial charge in [0.2, 0.25) is 15.9 Å². The Labute approximate surface area is 159 Å². The summed E-state index contributed by atoms with van der Waals surface area (Å²) in [5, 5.41) is 6.24. The maximum absolute atomic E-state index is 13.0. The van der Waals surface area contributed by atoms with E-state index in [1.54, 1.807) is 25.1 Å². The molecule has 0 aliphatic rings. The molecule has 2 rings (SSSR count). The molecule has 0 saturated carbocycles. The zero-order chi connectivity index (χ0) is 19.9. The molecule has 0 saturated heterocycles. The molecule has 1 heterocycles. The second kappa shape index (κ2) is 9.52. The molecule has 27 heavy (non-hydrogen) atoms. The van der Waals surface area contributed by atoms with Gasteiger partial charge >= 0.3 is 0 Å². The largest absolute Gasteiger partial charge is 0.497 e. The zero-order valence-electron chi connectivity index (χ0n) is 15.8. The summed E-state index contributed by atoms with van der Waals surface area (Å²) in [4.78, 5) is 12.4. The van der Waals surface area contributed by atoms with E-state index in [0.717, 1.165) is 12.8 Å². The van der Waals surface area contributed by atoms with Gasteiger partial charge < -0.3 is 14.6 Å². The highest BCUT2D eigenvalue weighted by Gasteiger charge is 2.26. The fourth-order valence-corrected chi connectivity index (χ4v) is 3.92. The molecule has 2 aromatic rings. The quantitative estimate of drug-likeness (QED) is 0.621. The van der Waals surface area contributed by atoms with Gasteiger partial charge in [-0.05, 0) is 37.6 Å². The van der Waals surface area contributed by atoms with E-state index in [1.165, 1.54) is 23.5 Å². The number of rotatable bonds is 10. The molecule has 1 amide bonds. The van der Waals surface area contributed by atoms with Gasteiger partial charge in [0.1, 0.15) is 11.5 Å². The van der Waals surface area contributed by atoms with E-state index in [2.05, 4.69) is 10.5 Å². The minimum Gasteiger partial charge on any atom is -0.497 e. The molecule has 148 valence electrons. The van der Waals surface area contributed by atoms with E-state index in [0.29, 0.717) is 17.9 Å². The van der Waals surface area contributed by atoms with Crippen LogP contribution in [-0.2, 0) is 14.8 Å². The van der Waals surface area contributed by atoms with Crippen LogP contribution in [0.3, 0.4) is 0 Å². The number of amides is 1. The minimum atomic E-state index is -3.82. The third-order valence-electron chi connectivity index (χ3n) is 3.92. The standard InChI is InChI=1S/C18H25N3O5S/c1-4-5-6-11-21(13-18(22)19-17-12-14(2)26-20-17)27(23,24)16-9-7-15(25-3)8-10-16/h7-10,12H,4-6,11,13H2,1-3H3,(H,19,20,22). The molecule has 0 aliphatic heterocycles. The van der Waals surface area contributed by atoms with Crippen molar-refractivity contribution in [2.24, 2.45) is 0 Å². The average molecular weight is 395 g/mol. The summed E-state index contributed by atoms with van der Waals surface area (Å²) in [5.74, 6) is 0.895. The van der Waals surface area contributed by atoms with Crippen LogP contribution in [0.1, 0.15) is 31.9 Å². The van der Waals surface area contributed by atoms with Crippen LogP contribution in [0.2, 0.25) is 0 Å². The van der Waals surface area contributed by atoms with Crippen molar-refractivity contribution < 1.29 is 22.5 Å². The first-order valence-corrected chi connectivity index (χ1v) is 10.2. The molecule has 0 fully saturated rings. The number of sulfonamides is 1. The highest BCUT2D eigenvalue weighted by molar-refractivity contribution is 7.89. The van der Waals surface area contributed by atoms with E-state index in [4.69, 9.17) is 9.26 Å². The summed E-state index contributed by atoms with van der Waals surface area (Å²) in [6, 6.07) is 7.67. The van der Waals surface area contributed by atoms with Crippen molar-refractivity contribution in [1.29, 1.82) is 0 Å². The van der Waals surface area contributed by atoms with E-state index in [9.17, 15) is 13.2 Å². The lowest BCUT2D eigenvalue weighted by molar-refractivity contribution is -0.116. The van der Waals surface area contributed by atoms with Crippen LogP contribution >= 0.6 is 0 Å². The lowest BCUT2D eigenvalue weighted by Crippen LogP contribution is -2.38. The number of hydrogen-bond donors (Lipinski definition) is 1. The number of nitrogens with zero attached hydrogens (tertiary/aromatic N) is 2. The maximum Gasteiger partial charge on any atom is 0.243 e. The van der Waals surface area contributed by atoms with Crippen molar-refractivity contribution in [1.82, 2.24) is 9.46 Å². The first-order valence-electron chi connectivity index (χ1n) is 8.74. The molecule has 0 aliphatic carbocycles. The Morgan fingerprint density at radius 1 is 1.26 bits per heavy atom. The SMILES string of the molecule is CCCCCN(CC(=O)Nc1cc(C)on1)S(=O)(=O)c1ccc(OC)cc1. The molecule has 0 bridgehead atoms. The number of aryl methyl sites for hydroxylation is 1. The predicted molar refractivity (Wildman–Crippen MR) is 101 cm³/mol. The smallest absolute Gasteiger partial charge is 0.243 e. The van der Waals surface area contributed by atoms with Gasteiger partial charge in [-0.15, -0.1) is 0 Å². The third-order valence-corrected chi connectivity index (χ3v) is 5.78. The minimum absolute atomic E-state index is 0.116. The topological polar surface area (TPSA) is 102 Å². The fourth-order valence-electron chi connectivity index (χ4n) is 2.49. The van der Waals surface area contributed by atoms with Crippen molar-refractivity contribution in [3.05, 3.63) is 36.1 Å². The Morgan fingerprint density at radius 2 is 1.96 bits per heavy atom. The van der Waals surface area contributed by atoms with Crippen LogP contribution in [0, 0.1) is 6.92 Å². The van der Waals surface area contributed by atoms with E-state index in [1.807, 2.05) is 6.92 Å². The number of methoxy groups -OCH3 is 1. The lowest BCUT2D eigenvalue weighted by atomic mass is 10.2. The van der Waals surface area contributed by atoms with Gasteiger partial charge in [-0.1, -0.05) is 24.9 Å². The summed E-state index contributed by atoms with van der Waals surface area (Å²) in [6.45, 7) is 3.69. The Morgan fingerprint density at radius 3 is 2.52 bits per heavy atom. The Bertz CT molecular complexity index is 846. The summed E-state index contributed by atoms with van der Waals surface area (Å²) in [6.07, 6.45) is 2.49. The van der Waals surface area contributed by atoms with Crippen LogP contribution in [0.5, 0.6) is 5.75 Å². The van der Waals surface area contributed by atoms with Gasteiger partial charge in [-0.3, -0.25) is 4.79 Å². The molecule has 0 spiro atoms. The monoisotopic (exact) mass is 395 g/mol. The number of aromatic nitrogens is 1. The van der Waals surface area contributed by atoms with Crippen LogP contribution in [0.4, 0.5) is 5.82 Å². The number of anilines is 1. The molecular formula is C18H25N3O5S. The molecule has 0 unspecified atom stereocenters. The van der Waals surface area contributed by atoms with Crippen molar-refractivity contribution >= 4 is 21.7 Å². The summed E-state index contributed by atoms with van der Waals surface area (Å²) in [5.41, 5.74) is 0. The molecule has 1 aromatic heterocycles. The molecule has 1 N–H and O–H groups in total. The van der Waals surface area contributed by atoms with Gasteiger partial charge in [0.15, 0.2) is 5.82 Å². The second-order valence-electron chi connectivity index (χ2n) is 6.09. The molecule has 8 nitrogen and oxygen atoms in total. The van der Waals surface area contributed by atoms with E-state index >= 15 is 0 Å². The van der Waals surface area contributed by atoms with Crippen molar-refractivity contribution in [3.63, 3.8) is 0 Å². The normalized spacial score (nSPS) is 11.6. The molecule has 0 atom stereocenters. The number of nitrogens with one attached hydrogen (secondary N) is 1. The van der Waals surface area contributed by atoms with Gasteiger partial charge in [0.25, 0.3) is 0 Å². The van der Waals surface area contributed by atoms with Crippen molar-refractivity contribution in [3.8, 4) is 5.75 Å². The fraction of sp³-hybridized carbons (Fsp3) is 0.444.